The Balaban J connectivity index is 1.42. The summed E-state index contributed by atoms with van der Waals surface area (Å²) in [6.07, 6.45) is 1.28. The van der Waals surface area contributed by atoms with E-state index in [0.717, 1.165) is 11.4 Å². The quantitative estimate of drug-likeness (QED) is 0.600. The van der Waals surface area contributed by atoms with Gasteiger partial charge < -0.3 is 15.3 Å². The Morgan fingerprint density at radius 1 is 0.833 bits per heavy atom. The fraction of sp³-hybridized carbons (Fsp3) is 0.200. The molecule has 1 aliphatic rings. The van der Waals surface area contributed by atoms with Gasteiger partial charge in [-0.25, -0.2) is 0 Å². The number of phenols is 1. The Morgan fingerprint density at radius 3 is 2.17 bits per heavy atom. The molecule has 5 heteroatoms. The number of ketones is 1. The van der Waals surface area contributed by atoms with Gasteiger partial charge in [0.1, 0.15) is 5.75 Å². The van der Waals surface area contributed by atoms with E-state index in [0.29, 0.717) is 37.1 Å². The molecule has 0 aliphatic carbocycles. The fourth-order valence-corrected chi connectivity index (χ4v) is 3.83. The number of benzene rings is 3. The number of piperidine rings is 1. The standard InChI is InChI=1S/C25H24N2O3/c28-21-12-10-18(11-13-21)24(29)19-14-16-27(17-15-19)25(30)22-8-4-5-9-23(22)26-20-6-2-1-3-7-20/h1-13,19,26,28H,14-17H2. The Labute approximate surface area is 176 Å². The van der Waals surface area contributed by atoms with Crippen molar-refractivity contribution in [2.45, 2.75) is 12.8 Å². The number of carbonyl (C=O) groups is 2. The lowest BCUT2D eigenvalue weighted by atomic mass is 9.88. The molecule has 2 N–H and O–H groups in total. The van der Waals surface area contributed by atoms with Crippen LogP contribution in [0.2, 0.25) is 0 Å². The van der Waals surface area contributed by atoms with Gasteiger partial charge in [0.2, 0.25) is 0 Å². The number of hydrogen-bond donors (Lipinski definition) is 2. The second kappa shape index (κ2) is 8.82. The Hall–Kier alpha value is -3.60. The van der Waals surface area contributed by atoms with E-state index in [1.165, 1.54) is 12.1 Å². The molecule has 3 aromatic carbocycles. The number of Topliss-reactive ketones (excluding diaryl/α,β-unsaturated/α-hetero) is 1. The first-order valence-corrected chi connectivity index (χ1v) is 10.2. The van der Waals surface area contributed by atoms with E-state index in [9.17, 15) is 14.7 Å². The molecule has 1 fully saturated rings. The molecule has 0 unspecified atom stereocenters. The first kappa shape index (κ1) is 19.7. The molecule has 0 saturated carbocycles. The maximum atomic E-state index is 13.2. The minimum Gasteiger partial charge on any atom is -0.508 e. The summed E-state index contributed by atoms with van der Waals surface area (Å²) >= 11 is 0. The highest BCUT2D eigenvalue weighted by Crippen LogP contribution is 2.27. The predicted octanol–water partition coefficient (Wildman–Crippen LogP) is 4.87. The van der Waals surface area contributed by atoms with Crippen LogP contribution in [0.15, 0.2) is 78.9 Å². The molecule has 0 spiro atoms. The first-order valence-electron chi connectivity index (χ1n) is 10.2. The Kier molecular flexibility index (Phi) is 5.80. The number of amides is 1. The fourth-order valence-electron chi connectivity index (χ4n) is 3.83. The summed E-state index contributed by atoms with van der Waals surface area (Å²) < 4.78 is 0. The van der Waals surface area contributed by atoms with Crippen molar-refractivity contribution in [1.29, 1.82) is 0 Å². The van der Waals surface area contributed by atoms with Crippen LogP contribution in [0.4, 0.5) is 11.4 Å². The molecule has 30 heavy (non-hydrogen) atoms. The van der Waals surface area contributed by atoms with Gasteiger partial charge in [-0.1, -0.05) is 30.3 Å². The monoisotopic (exact) mass is 400 g/mol. The summed E-state index contributed by atoms with van der Waals surface area (Å²) in [6, 6.07) is 23.6. The number of para-hydroxylation sites is 2. The molecule has 0 atom stereocenters. The number of anilines is 2. The SMILES string of the molecule is O=C(c1ccc(O)cc1)C1CCN(C(=O)c2ccccc2Nc2ccccc2)CC1. The molecule has 1 amide bonds. The van der Waals surface area contributed by atoms with Crippen LogP contribution in [-0.4, -0.2) is 34.8 Å². The summed E-state index contributed by atoms with van der Waals surface area (Å²) in [5.41, 5.74) is 2.94. The molecular weight excluding hydrogens is 376 g/mol. The van der Waals surface area contributed by atoms with Gasteiger partial charge in [-0.05, 0) is 61.4 Å². The highest BCUT2D eigenvalue weighted by Gasteiger charge is 2.29. The van der Waals surface area contributed by atoms with Crippen molar-refractivity contribution in [3.8, 4) is 5.75 Å². The topological polar surface area (TPSA) is 69.6 Å². The normalized spacial score (nSPS) is 14.3. The van der Waals surface area contributed by atoms with E-state index in [4.69, 9.17) is 0 Å². The van der Waals surface area contributed by atoms with Gasteiger partial charge in [0, 0.05) is 30.3 Å². The number of nitrogens with zero attached hydrogens (tertiary/aromatic N) is 1. The highest BCUT2D eigenvalue weighted by molar-refractivity contribution is 6.01. The lowest BCUT2D eigenvalue weighted by Gasteiger charge is -2.32. The minimum absolute atomic E-state index is 0.0236. The first-order chi connectivity index (χ1) is 14.6. The number of hydrogen-bond acceptors (Lipinski definition) is 4. The summed E-state index contributed by atoms with van der Waals surface area (Å²) in [5, 5.41) is 12.7. The summed E-state index contributed by atoms with van der Waals surface area (Å²) in [7, 11) is 0. The number of likely N-dealkylation sites (tertiary alicyclic amines) is 1. The van der Waals surface area contributed by atoms with Crippen LogP contribution in [0.25, 0.3) is 0 Å². The summed E-state index contributed by atoms with van der Waals surface area (Å²) in [4.78, 5) is 27.7. The van der Waals surface area contributed by atoms with Crippen LogP contribution in [0.5, 0.6) is 5.75 Å². The van der Waals surface area contributed by atoms with E-state index >= 15 is 0 Å². The number of aromatic hydroxyl groups is 1. The van der Waals surface area contributed by atoms with Gasteiger partial charge in [0.15, 0.2) is 5.78 Å². The van der Waals surface area contributed by atoms with Crippen molar-refractivity contribution < 1.29 is 14.7 Å². The van der Waals surface area contributed by atoms with Crippen LogP contribution in [0, 0.1) is 5.92 Å². The van der Waals surface area contributed by atoms with Gasteiger partial charge in [0.05, 0.1) is 11.3 Å². The summed E-state index contributed by atoms with van der Waals surface area (Å²) in [6.45, 7) is 1.10. The van der Waals surface area contributed by atoms with Crippen molar-refractivity contribution >= 4 is 23.1 Å². The van der Waals surface area contributed by atoms with E-state index in [-0.39, 0.29) is 23.4 Å². The molecule has 1 aliphatic heterocycles. The van der Waals surface area contributed by atoms with Crippen molar-refractivity contribution in [2.24, 2.45) is 5.92 Å². The second-order valence-electron chi connectivity index (χ2n) is 7.51. The maximum absolute atomic E-state index is 13.2. The van der Waals surface area contributed by atoms with Gasteiger partial charge in [-0.15, -0.1) is 0 Å². The molecule has 3 aromatic rings. The zero-order valence-electron chi connectivity index (χ0n) is 16.6. The molecule has 4 rings (SSSR count). The zero-order valence-corrected chi connectivity index (χ0v) is 16.6. The number of carbonyl (C=O) groups excluding carboxylic acids is 2. The lowest BCUT2D eigenvalue weighted by Crippen LogP contribution is -2.40. The van der Waals surface area contributed by atoms with Crippen LogP contribution in [-0.2, 0) is 0 Å². The number of nitrogens with one attached hydrogen (secondary N) is 1. The summed E-state index contributed by atoms with van der Waals surface area (Å²) in [5.74, 6) is 0.101. The minimum atomic E-state index is -0.101. The smallest absolute Gasteiger partial charge is 0.255 e. The number of rotatable bonds is 5. The zero-order chi connectivity index (χ0) is 20.9. The third kappa shape index (κ3) is 4.35. The average Bonchev–Trinajstić information content (AvgIpc) is 2.80. The Bertz CT molecular complexity index is 1020. The van der Waals surface area contributed by atoms with Gasteiger partial charge in [0.25, 0.3) is 5.91 Å². The largest absolute Gasteiger partial charge is 0.508 e. The van der Waals surface area contributed by atoms with Crippen LogP contribution < -0.4 is 5.32 Å². The predicted molar refractivity (Wildman–Crippen MR) is 117 cm³/mol. The van der Waals surface area contributed by atoms with Gasteiger partial charge in [-0.2, -0.15) is 0 Å². The molecular formula is C25H24N2O3. The molecule has 1 heterocycles. The Morgan fingerprint density at radius 2 is 1.47 bits per heavy atom. The highest BCUT2D eigenvalue weighted by atomic mass is 16.3. The molecule has 0 aromatic heterocycles. The van der Waals surface area contributed by atoms with E-state index in [1.807, 2.05) is 59.5 Å². The maximum Gasteiger partial charge on any atom is 0.255 e. The van der Waals surface area contributed by atoms with Crippen molar-refractivity contribution in [3.63, 3.8) is 0 Å². The molecule has 152 valence electrons. The van der Waals surface area contributed by atoms with E-state index in [1.54, 1.807) is 12.1 Å². The molecule has 0 bridgehead atoms. The third-order valence-electron chi connectivity index (χ3n) is 5.52. The second-order valence-corrected chi connectivity index (χ2v) is 7.51. The van der Waals surface area contributed by atoms with E-state index < -0.39 is 0 Å². The van der Waals surface area contributed by atoms with Crippen LogP contribution >= 0.6 is 0 Å². The van der Waals surface area contributed by atoms with Crippen LogP contribution in [0.3, 0.4) is 0 Å². The average molecular weight is 400 g/mol. The van der Waals surface area contributed by atoms with Crippen LogP contribution in [0.1, 0.15) is 33.6 Å². The van der Waals surface area contributed by atoms with Crippen molar-refractivity contribution in [2.75, 3.05) is 18.4 Å². The molecule has 0 radical (unpaired) electrons. The molecule has 5 nitrogen and oxygen atoms in total. The van der Waals surface area contributed by atoms with Crippen molar-refractivity contribution in [1.82, 2.24) is 4.90 Å². The third-order valence-corrected chi connectivity index (χ3v) is 5.52. The lowest BCUT2D eigenvalue weighted by molar-refractivity contribution is 0.0651. The van der Waals surface area contributed by atoms with Gasteiger partial charge >= 0.3 is 0 Å². The van der Waals surface area contributed by atoms with Crippen molar-refractivity contribution in [3.05, 3.63) is 90.0 Å². The van der Waals surface area contributed by atoms with E-state index in [2.05, 4.69) is 5.32 Å². The molecule has 1 saturated heterocycles. The number of phenolic OH excluding ortho intramolecular Hbond substituents is 1. The van der Waals surface area contributed by atoms with Gasteiger partial charge in [-0.3, -0.25) is 9.59 Å².